The number of likely N-dealkylation sites (tertiary alicyclic amines) is 1. The number of nitriles is 1. The summed E-state index contributed by atoms with van der Waals surface area (Å²) in [4.78, 5) is 26.0. The maximum atomic E-state index is 12.3. The summed E-state index contributed by atoms with van der Waals surface area (Å²) in [6.45, 7) is 2.37. The van der Waals surface area contributed by atoms with Crippen molar-refractivity contribution in [2.24, 2.45) is 5.41 Å². The Morgan fingerprint density at radius 2 is 2.08 bits per heavy atom. The lowest BCUT2D eigenvalue weighted by atomic mass is 9.77. The molecular formula is C18H20N2O4. The third kappa shape index (κ3) is 3.74. The first kappa shape index (κ1) is 17.5. The van der Waals surface area contributed by atoms with Crippen molar-refractivity contribution >= 4 is 12.1 Å². The van der Waals surface area contributed by atoms with Crippen molar-refractivity contribution in [3.63, 3.8) is 0 Å². The fourth-order valence-corrected chi connectivity index (χ4v) is 2.79. The largest absolute Gasteiger partial charge is 0.468 e. The second kappa shape index (κ2) is 7.64. The van der Waals surface area contributed by atoms with Crippen molar-refractivity contribution in [3.05, 3.63) is 47.5 Å². The van der Waals surface area contributed by atoms with Crippen LogP contribution in [0.25, 0.3) is 0 Å². The lowest BCUT2D eigenvalue weighted by Crippen LogP contribution is -2.50. The molecule has 2 rings (SSSR count). The van der Waals surface area contributed by atoms with Crippen molar-refractivity contribution in [1.82, 2.24) is 4.90 Å². The molecule has 1 unspecified atom stereocenters. The van der Waals surface area contributed by atoms with Crippen LogP contribution in [0.2, 0.25) is 0 Å². The number of carbonyl (C=O) groups is 2. The molecule has 0 aromatic heterocycles. The van der Waals surface area contributed by atoms with Crippen LogP contribution < -0.4 is 0 Å². The van der Waals surface area contributed by atoms with E-state index < -0.39 is 17.5 Å². The number of rotatable bonds is 3. The summed E-state index contributed by atoms with van der Waals surface area (Å²) in [6.07, 6.45) is 1.31. The Hall–Kier alpha value is -2.81. The van der Waals surface area contributed by atoms with Gasteiger partial charge in [-0.05, 0) is 24.5 Å². The van der Waals surface area contributed by atoms with Crippen molar-refractivity contribution in [3.8, 4) is 6.07 Å². The molecule has 1 atom stereocenters. The fourth-order valence-electron chi connectivity index (χ4n) is 2.79. The van der Waals surface area contributed by atoms with Gasteiger partial charge in [-0.15, -0.1) is 0 Å². The molecule has 1 aromatic carbocycles. The minimum atomic E-state index is -1.03. The highest BCUT2D eigenvalue weighted by Crippen LogP contribution is 2.36. The molecule has 1 aromatic rings. The van der Waals surface area contributed by atoms with E-state index in [9.17, 15) is 9.59 Å². The van der Waals surface area contributed by atoms with E-state index in [0.29, 0.717) is 18.5 Å². The molecule has 0 aliphatic carbocycles. The number of hydrogen-bond donors (Lipinski definition) is 0. The van der Waals surface area contributed by atoms with Crippen LogP contribution in [0.4, 0.5) is 4.79 Å². The fraction of sp³-hybridized carbons (Fsp3) is 0.389. The number of nitrogens with zero attached hydrogens (tertiary/aromatic N) is 2. The first-order valence-corrected chi connectivity index (χ1v) is 7.64. The molecule has 0 saturated carbocycles. The average Bonchev–Trinajstić information content (AvgIpc) is 2.61. The second-order valence-electron chi connectivity index (χ2n) is 5.83. The van der Waals surface area contributed by atoms with Crippen LogP contribution in [0, 0.1) is 16.7 Å². The van der Waals surface area contributed by atoms with Gasteiger partial charge in [0.15, 0.2) is 0 Å². The highest BCUT2D eigenvalue weighted by Gasteiger charge is 2.44. The van der Waals surface area contributed by atoms with Crippen molar-refractivity contribution < 1.29 is 19.1 Å². The highest BCUT2D eigenvalue weighted by molar-refractivity contribution is 5.82. The minimum absolute atomic E-state index is 0.126. The van der Waals surface area contributed by atoms with E-state index in [2.05, 4.69) is 0 Å². The van der Waals surface area contributed by atoms with E-state index in [1.165, 1.54) is 18.1 Å². The highest BCUT2D eigenvalue weighted by atomic mass is 16.6. The zero-order chi connectivity index (χ0) is 17.6. The Labute approximate surface area is 141 Å². The Morgan fingerprint density at radius 3 is 2.71 bits per heavy atom. The van der Waals surface area contributed by atoms with Crippen LogP contribution in [-0.2, 0) is 20.9 Å². The number of benzene rings is 1. The Balaban J connectivity index is 2.07. The number of hydrogen-bond acceptors (Lipinski definition) is 5. The van der Waals surface area contributed by atoms with Gasteiger partial charge in [0, 0.05) is 19.2 Å². The number of amides is 1. The zero-order valence-electron chi connectivity index (χ0n) is 13.8. The smallest absolute Gasteiger partial charge is 0.410 e. The summed E-state index contributed by atoms with van der Waals surface area (Å²) in [6, 6.07) is 11.3. The summed E-state index contributed by atoms with van der Waals surface area (Å²) in [5.41, 5.74) is 0.529. The van der Waals surface area contributed by atoms with Crippen molar-refractivity contribution in [1.29, 1.82) is 5.26 Å². The van der Waals surface area contributed by atoms with Crippen LogP contribution in [0.3, 0.4) is 0 Å². The molecule has 1 heterocycles. The number of esters is 1. The van der Waals surface area contributed by atoms with Crippen molar-refractivity contribution in [2.45, 2.75) is 20.0 Å². The van der Waals surface area contributed by atoms with E-state index in [0.717, 1.165) is 5.56 Å². The molecule has 1 saturated heterocycles. The van der Waals surface area contributed by atoms with Gasteiger partial charge >= 0.3 is 12.1 Å². The predicted molar refractivity (Wildman–Crippen MR) is 86.6 cm³/mol. The average molecular weight is 328 g/mol. The van der Waals surface area contributed by atoms with Crippen molar-refractivity contribution in [2.75, 3.05) is 20.2 Å². The number of carbonyl (C=O) groups excluding carboxylic acids is 2. The van der Waals surface area contributed by atoms with Gasteiger partial charge in [-0.3, -0.25) is 4.79 Å². The van der Waals surface area contributed by atoms with Gasteiger partial charge in [0.1, 0.15) is 12.0 Å². The molecule has 0 spiro atoms. The molecule has 6 nitrogen and oxygen atoms in total. The minimum Gasteiger partial charge on any atom is -0.468 e. The zero-order valence-corrected chi connectivity index (χ0v) is 13.8. The molecule has 0 radical (unpaired) electrons. The third-order valence-electron chi connectivity index (χ3n) is 4.20. The SMILES string of the molecule is COC(=O)C1(C)CN(C(=O)OCc2ccccc2)CC/C1=C\C#N. The normalized spacial score (nSPS) is 21.9. The van der Waals surface area contributed by atoms with E-state index >= 15 is 0 Å². The second-order valence-corrected chi connectivity index (χ2v) is 5.83. The van der Waals surface area contributed by atoms with Crippen LogP contribution in [-0.4, -0.2) is 37.2 Å². The molecule has 24 heavy (non-hydrogen) atoms. The Bertz CT molecular complexity index is 678. The van der Waals surface area contributed by atoms with Crippen LogP contribution in [0.1, 0.15) is 18.9 Å². The standard InChI is InChI=1S/C18H20N2O4/c1-18(16(21)23-2)13-20(11-9-15(18)8-10-19)17(22)24-12-14-6-4-3-5-7-14/h3-8H,9,11-13H2,1-2H3/b15-8+. The summed E-state index contributed by atoms with van der Waals surface area (Å²) >= 11 is 0. The Morgan fingerprint density at radius 1 is 1.38 bits per heavy atom. The maximum absolute atomic E-state index is 12.3. The summed E-state index contributed by atoms with van der Waals surface area (Å²) in [7, 11) is 1.30. The van der Waals surface area contributed by atoms with E-state index in [1.54, 1.807) is 6.92 Å². The summed E-state index contributed by atoms with van der Waals surface area (Å²) < 4.78 is 10.2. The van der Waals surface area contributed by atoms with Gasteiger partial charge in [0.05, 0.1) is 13.2 Å². The quantitative estimate of drug-likeness (QED) is 0.629. The summed E-state index contributed by atoms with van der Waals surface area (Å²) in [5, 5.41) is 8.91. The van der Waals surface area contributed by atoms with Crippen LogP contribution >= 0.6 is 0 Å². The van der Waals surface area contributed by atoms with E-state index in [4.69, 9.17) is 14.7 Å². The van der Waals surface area contributed by atoms with Gasteiger partial charge in [-0.1, -0.05) is 30.3 Å². The van der Waals surface area contributed by atoms with Gasteiger partial charge < -0.3 is 14.4 Å². The molecule has 0 N–H and O–H groups in total. The molecule has 1 aliphatic heterocycles. The van der Waals surface area contributed by atoms with Crippen LogP contribution in [0.15, 0.2) is 42.0 Å². The monoisotopic (exact) mass is 328 g/mol. The molecule has 6 heteroatoms. The maximum Gasteiger partial charge on any atom is 0.410 e. The number of ether oxygens (including phenoxy) is 2. The van der Waals surface area contributed by atoms with E-state index in [-0.39, 0.29) is 13.2 Å². The first-order valence-electron chi connectivity index (χ1n) is 7.64. The van der Waals surface area contributed by atoms with Gasteiger partial charge in [-0.25, -0.2) is 4.79 Å². The molecular weight excluding hydrogens is 308 g/mol. The number of piperidine rings is 1. The molecule has 1 fully saturated rings. The van der Waals surface area contributed by atoms with Gasteiger partial charge in [-0.2, -0.15) is 5.26 Å². The number of methoxy groups -OCH3 is 1. The van der Waals surface area contributed by atoms with E-state index in [1.807, 2.05) is 36.4 Å². The lowest BCUT2D eigenvalue weighted by Gasteiger charge is -2.39. The number of allylic oxidation sites excluding steroid dienone is 1. The van der Waals surface area contributed by atoms with Gasteiger partial charge in [0.25, 0.3) is 0 Å². The Kier molecular flexibility index (Phi) is 5.59. The summed E-state index contributed by atoms with van der Waals surface area (Å²) in [5.74, 6) is -0.468. The molecule has 1 amide bonds. The molecule has 126 valence electrons. The van der Waals surface area contributed by atoms with Crippen LogP contribution in [0.5, 0.6) is 0 Å². The topological polar surface area (TPSA) is 79.6 Å². The molecule has 1 aliphatic rings. The third-order valence-corrected chi connectivity index (χ3v) is 4.20. The predicted octanol–water partition coefficient (Wildman–Crippen LogP) is 2.66. The molecule has 0 bridgehead atoms. The first-order chi connectivity index (χ1) is 11.5. The lowest BCUT2D eigenvalue weighted by molar-refractivity contribution is -0.151. The van der Waals surface area contributed by atoms with Gasteiger partial charge in [0.2, 0.25) is 0 Å².